The van der Waals surface area contributed by atoms with Gasteiger partial charge in [0.05, 0.1) is 6.54 Å². The molecular weight excluding hydrogens is 306 g/mol. The maximum Gasteiger partial charge on any atom is 0.240 e. The van der Waals surface area contributed by atoms with Gasteiger partial charge in [-0.2, -0.15) is 0 Å². The lowest BCUT2D eigenvalue weighted by Gasteiger charge is -2.25. The predicted molar refractivity (Wildman–Crippen MR) is 95.6 cm³/mol. The molecule has 0 bridgehead atoms. The highest BCUT2D eigenvalue weighted by molar-refractivity contribution is 5.86. The minimum Gasteiger partial charge on any atom is -0.353 e. The number of hydrogen-bond acceptors (Lipinski definition) is 4. The van der Waals surface area contributed by atoms with Crippen LogP contribution in [0, 0.1) is 6.92 Å². The lowest BCUT2D eigenvalue weighted by atomic mass is 10.1. The number of aromatic nitrogens is 3. The van der Waals surface area contributed by atoms with Crippen LogP contribution in [0.2, 0.25) is 0 Å². The molecule has 1 rings (SSSR count). The van der Waals surface area contributed by atoms with Gasteiger partial charge >= 0.3 is 0 Å². The van der Waals surface area contributed by atoms with E-state index < -0.39 is 0 Å². The van der Waals surface area contributed by atoms with E-state index in [2.05, 4.69) is 32.4 Å². The maximum absolute atomic E-state index is 12.1. The Morgan fingerprint density at radius 2 is 2.08 bits per heavy atom. The molecule has 1 heterocycles. The Hall–Kier alpha value is -2.38. The van der Waals surface area contributed by atoms with E-state index in [1.54, 1.807) is 11.0 Å². The normalized spacial score (nSPS) is 12.0. The van der Waals surface area contributed by atoms with Crippen LogP contribution < -0.4 is 10.6 Å². The summed E-state index contributed by atoms with van der Waals surface area (Å²) in [5.41, 5.74) is -0.264. The average molecular weight is 335 g/mol. The molecule has 1 aromatic rings. The molecule has 0 atom stereocenters. The largest absolute Gasteiger partial charge is 0.353 e. The number of likely N-dealkylation sites (N-methyl/N-ethyl adjacent to an activating group) is 1. The fourth-order valence-electron chi connectivity index (χ4n) is 1.96. The molecule has 0 aromatic carbocycles. The first-order chi connectivity index (χ1) is 11.1. The Labute approximate surface area is 144 Å². The summed E-state index contributed by atoms with van der Waals surface area (Å²) in [5.74, 6) is 2.14. The van der Waals surface area contributed by atoms with E-state index in [9.17, 15) is 4.79 Å². The summed E-state index contributed by atoms with van der Waals surface area (Å²) < 4.78 is 1.89. The molecule has 0 fully saturated rings. The molecule has 8 nitrogen and oxygen atoms in total. The average Bonchev–Trinajstić information content (AvgIpc) is 2.76. The monoisotopic (exact) mass is 335 g/mol. The fourth-order valence-corrected chi connectivity index (χ4v) is 1.96. The molecule has 8 heteroatoms. The van der Waals surface area contributed by atoms with Crippen molar-refractivity contribution in [2.45, 2.75) is 39.8 Å². The first-order valence-electron chi connectivity index (χ1n) is 7.90. The zero-order valence-corrected chi connectivity index (χ0v) is 15.6. The Balaban J connectivity index is 2.79. The first-order valence-corrected chi connectivity index (χ1v) is 7.90. The SMILES string of the molecule is C=CCNC(=NCc1nnc(C)n1C)N(C)CC(=O)NC(C)(C)C. The van der Waals surface area contributed by atoms with E-state index in [1.807, 2.05) is 46.4 Å². The number of aryl methyl sites for hydroxylation is 1. The summed E-state index contributed by atoms with van der Waals surface area (Å²) in [7, 11) is 3.72. The van der Waals surface area contributed by atoms with E-state index in [1.165, 1.54) is 0 Å². The van der Waals surface area contributed by atoms with Gasteiger partial charge in [0.15, 0.2) is 11.8 Å². The molecule has 0 aliphatic carbocycles. The van der Waals surface area contributed by atoms with Crippen molar-refractivity contribution in [2.75, 3.05) is 20.1 Å². The Morgan fingerprint density at radius 1 is 1.42 bits per heavy atom. The summed E-state index contributed by atoms with van der Waals surface area (Å²) in [6, 6.07) is 0. The summed E-state index contributed by atoms with van der Waals surface area (Å²) in [6.07, 6.45) is 1.74. The predicted octanol–water partition coefficient (Wildman–Crippen LogP) is 0.602. The minimum absolute atomic E-state index is 0.0624. The molecule has 0 radical (unpaired) electrons. The molecule has 0 saturated heterocycles. The highest BCUT2D eigenvalue weighted by Gasteiger charge is 2.17. The van der Waals surface area contributed by atoms with Crippen molar-refractivity contribution >= 4 is 11.9 Å². The zero-order chi connectivity index (χ0) is 18.3. The van der Waals surface area contributed by atoms with Gasteiger partial charge in [-0.15, -0.1) is 16.8 Å². The highest BCUT2D eigenvalue weighted by atomic mass is 16.2. The van der Waals surface area contributed by atoms with Gasteiger partial charge in [0.1, 0.15) is 12.4 Å². The van der Waals surface area contributed by atoms with Gasteiger partial charge in [-0.25, -0.2) is 4.99 Å². The summed E-state index contributed by atoms with van der Waals surface area (Å²) in [6.45, 7) is 12.6. The van der Waals surface area contributed by atoms with Crippen LogP contribution in [0.5, 0.6) is 0 Å². The zero-order valence-electron chi connectivity index (χ0n) is 15.6. The first kappa shape index (κ1) is 19.7. The molecule has 0 saturated carbocycles. The molecule has 0 aliphatic rings. The molecule has 2 N–H and O–H groups in total. The maximum atomic E-state index is 12.1. The summed E-state index contributed by atoms with van der Waals surface area (Å²) >= 11 is 0. The number of carbonyl (C=O) groups excluding carboxylic acids is 1. The third-order valence-corrected chi connectivity index (χ3v) is 3.21. The Morgan fingerprint density at radius 3 is 2.58 bits per heavy atom. The van der Waals surface area contributed by atoms with Crippen LogP contribution in [-0.4, -0.2) is 57.2 Å². The third-order valence-electron chi connectivity index (χ3n) is 3.21. The fraction of sp³-hybridized carbons (Fsp3) is 0.625. The lowest BCUT2D eigenvalue weighted by Crippen LogP contribution is -2.48. The van der Waals surface area contributed by atoms with Crippen LogP contribution in [-0.2, 0) is 18.4 Å². The molecule has 134 valence electrons. The number of amides is 1. The lowest BCUT2D eigenvalue weighted by molar-refractivity contribution is -0.122. The van der Waals surface area contributed by atoms with E-state index in [4.69, 9.17) is 0 Å². The molecular formula is C16H29N7O. The van der Waals surface area contributed by atoms with Crippen molar-refractivity contribution < 1.29 is 4.79 Å². The second-order valence-corrected chi connectivity index (χ2v) is 6.69. The molecule has 0 aliphatic heterocycles. The van der Waals surface area contributed by atoms with Gasteiger partial charge in [-0.3, -0.25) is 4.79 Å². The highest BCUT2D eigenvalue weighted by Crippen LogP contribution is 2.01. The number of hydrogen-bond donors (Lipinski definition) is 2. The van der Waals surface area contributed by atoms with E-state index in [0.29, 0.717) is 19.0 Å². The number of nitrogens with one attached hydrogen (secondary N) is 2. The van der Waals surface area contributed by atoms with E-state index >= 15 is 0 Å². The van der Waals surface area contributed by atoms with Crippen molar-refractivity contribution in [3.8, 4) is 0 Å². The summed E-state index contributed by atoms with van der Waals surface area (Å²) in [5, 5.41) is 14.2. The van der Waals surface area contributed by atoms with Gasteiger partial charge < -0.3 is 20.1 Å². The third kappa shape index (κ3) is 6.39. The van der Waals surface area contributed by atoms with Gasteiger partial charge in [0, 0.05) is 26.2 Å². The van der Waals surface area contributed by atoms with Crippen molar-refractivity contribution in [1.82, 2.24) is 30.3 Å². The van der Waals surface area contributed by atoms with Gasteiger partial charge in [-0.1, -0.05) is 6.08 Å². The molecule has 0 spiro atoms. The Bertz CT molecular complexity index is 598. The number of aliphatic imine (C=N–C) groups is 1. The van der Waals surface area contributed by atoms with Gasteiger partial charge in [0.25, 0.3) is 0 Å². The van der Waals surface area contributed by atoms with Crippen molar-refractivity contribution in [3.05, 3.63) is 24.3 Å². The smallest absolute Gasteiger partial charge is 0.240 e. The van der Waals surface area contributed by atoms with Crippen LogP contribution in [0.4, 0.5) is 0 Å². The number of guanidine groups is 1. The molecule has 1 amide bonds. The van der Waals surface area contributed by atoms with Crippen molar-refractivity contribution in [2.24, 2.45) is 12.0 Å². The van der Waals surface area contributed by atoms with Crippen LogP contribution in [0.3, 0.4) is 0 Å². The number of rotatable bonds is 6. The molecule has 1 aromatic heterocycles. The summed E-state index contributed by atoms with van der Waals surface area (Å²) in [4.78, 5) is 18.4. The van der Waals surface area contributed by atoms with Crippen LogP contribution in [0.1, 0.15) is 32.4 Å². The van der Waals surface area contributed by atoms with Crippen molar-refractivity contribution in [3.63, 3.8) is 0 Å². The quantitative estimate of drug-likeness (QED) is 0.452. The second-order valence-electron chi connectivity index (χ2n) is 6.69. The second kappa shape index (κ2) is 8.47. The van der Waals surface area contributed by atoms with Crippen LogP contribution >= 0.6 is 0 Å². The number of carbonyl (C=O) groups is 1. The van der Waals surface area contributed by atoms with Gasteiger partial charge in [-0.05, 0) is 27.7 Å². The Kier molecular flexibility index (Phi) is 6.94. The molecule has 0 unspecified atom stereocenters. The standard InChI is InChI=1S/C16H29N7O/c1-8-9-17-15(18-10-13-21-20-12(2)23(13)7)22(6)11-14(24)19-16(3,4)5/h8H,1,9-11H2,2-7H3,(H,17,18)(H,19,24). The molecule has 24 heavy (non-hydrogen) atoms. The van der Waals surface area contributed by atoms with Crippen molar-refractivity contribution in [1.29, 1.82) is 0 Å². The van der Waals surface area contributed by atoms with E-state index in [-0.39, 0.29) is 18.0 Å². The minimum atomic E-state index is -0.264. The van der Waals surface area contributed by atoms with E-state index in [0.717, 1.165) is 11.6 Å². The topological polar surface area (TPSA) is 87.4 Å². The van der Waals surface area contributed by atoms with Crippen LogP contribution in [0.15, 0.2) is 17.6 Å². The number of nitrogens with zero attached hydrogens (tertiary/aromatic N) is 5. The van der Waals surface area contributed by atoms with Gasteiger partial charge in [0.2, 0.25) is 5.91 Å². The van der Waals surface area contributed by atoms with Crippen LogP contribution in [0.25, 0.3) is 0 Å².